The number of anilines is 16. The third-order valence-corrected chi connectivity index (χ3v) is 25.2. The van der Waals surface area contributed by atoms with Crippen LogP contribution in [-0.4, -0.2) is 258 Å². The molecular weight excluding hydrogens is 1810 g/mol. The molecule has 21 rings (SSSR count). The minimum atomic E-state index is -0.923. The van der Waals surface area contributed by atoms with Crippen LogP contribution in [0.5, 0.6) is 0 Å². The first-order chi connectivity index (χ1) is 70.5. The lowest BCUT2D eigenvalue weighted by atomic mass is 9.98. The first-order valence-electron chi connectivity index (χ1n) is 48.8. The van der Waals surface area contributed by atoms with Gasteiger partial charge in [-0.05, 0) is 140 Å². The van der Waals surface area contributed by atoms with Gasteiger partial charge >= 0.3 is 0 Å². The first-order valence-corrected chi connectivity index (χ1v) is 48.8. The maximum absolute atomic E-state index is 10.3. The summed E-state index contributed by atoms with van der Waals surface area (Å²) in [4.78, 5) is 110. The van der Waals surface area contributed by atoms with Crippen LogP contribution in [0.2, 0.25) is 0 Å². The lowest BCUT2D eigenvalue weighted by Crippen LogP contribution is -2.47. The summed E-state index contributed by atoms with van der Waals surface area (Å²) >= 11 is 0. The van der Waals surface area contributed by atoms with E-state index in [-0.39, 0.29) is 6.04 Å². The fourth-order valence-corrected chi connectivity index (χ4v) is 17.1. The van der Waals surface area contributed by atoms with Crippen LogP contribution in [-0.2, 0) is 44.4 Å². The highest BCUT2D eigenvalue weighted by Gasteiger charge is 2.28. The molecule has 1 unspecified atom stereocenters. The van der Waals surface area contributed by atoms with Crippen LogP contribution in [0.15, 0.2) is 281 Å². The first kappa shape index (κ1) is 97.8. The van der Waals surface area contributed by atoms with Crippen molar-refractivity contribution in [2.75, 3.05) is 199 Å². The molecule has 0 radical (unpaired) electrons. The Kier molecular flexibility index (Phi) is 32.7. The van der Waals surface area contributed by atoms with Crippen molar-refractivity contribution in [3.63, 3.8) is 0 Å². The Morgan fingerprint density at radius 2 is 0.632 bits per heavy atom. The van der Waals surface area contributed by atoms with Crippen LogP contribution in [0.25, 0.3) is 0 Å². The Bertz CT molecular complexity index is 6670. The number of nitrogens with one attached hydrogen (secondary N) is 6. The van der Waals surface area contributed by atoms with E-state index in [0.29, 0.717) is 53.5 Å². The molecule has 144 heavy (non-hydrogen) atoms. The van der Waals surface area contributed by atoms with Crippen molar-refractivity contribution < 1.29 is 5.11 Å². The van der Waals surface area contributed by atoms with Crippen molar-refractivity contribution in [1.29, 1.82) is 0 Å². The van der Waals surface area contributed by atoms with Gasteiger partial charge in [0, 0.05) is 241 Å². The van der Waals surface area contributed by atoms with Crippen LogP contribution in [0.4, 0.5) is 94.1 Å². The maximum Gasteiger partial charge on any atom is 0.232 e. The van der Waals surface area contributed by atoms with E-state index in [1.165, 1.54) is 39.7 Å². The third-order valence-electron chi connectivity index (χ3n) is 25.2. The molecule has 1 atom stereocenters. The number of nitrogens with zero attached hydrogens (tertiary/aromatic N) is 31. The number of aliphatic hydroxyl groups is 1. The minimum absolute atomic E-state index is 0.265. The molecule has 16 aromatic rings. The zero-order valence-electron chi connectivity index (χ0n) is 82.0. The number of rotatable bonds is 31. The molecule has 38 nitrogen and oxygen atoms in total. The predicted molar refractivity (Wildman–Crippen MR) is 563 cm³/mol. The smallest absolute Gasteiger partial charge is 0.232 e. The van der Waals surface area contributed by atoms with Crippen LogP contribution in [0.1, 0.15) is 88.0 Å². The zero-order valence-corrected chi connectivity index (χ0v) is 82.0. The van der Waals surface area contributed by atoms with Gasteiger partial charge in [-0.1, -0.05) is 158 Å². The summed E-state index contributed by atoms with van der Waals surface area (Å²) in [6, 6.07) is 65.9. The fraction of sp³-hybridized carbons (Fsp3) is 0.311. The summed E-state index contributed by atoms with van der Waals surface area (Å²) in [5, 5.41) is 34.4. The van der Waals surface area contributed by atoms with Gasteiger partial charge in [0.05, 0.1) is 17.5 Å². The molecule has 0 amide bonds. The maximum atomic E-state index is 10.3. The normalized spacial score (nSPS) is 14.6. The summed E-state index contributed by atoms with van der Waals surface area (Å²) in [5.41, 5.74) is 15.4. The molecule has 0 bridgehead atoms. The van der Waals surface area contributed by atoms with E-state index in [1.54, 1.807) is 39.0 Å². The Morgan fingerprint density at radius 1 is 0.333 bits per heavy atom. The molecule has 0 spiro atoms. The number of aromatic nitrogens is 22. The Hall–Kier alpha value is -16.5. The molecule has 38 heteroatoms. The number of piperazine rings is 4. The summed E-state index contributed by atoms with van der Waals surface area (Å²) in [5.74, 6) is 8.40. The van der Waals surface area contributed by atoms with Crippen molar-refractivity contribution in [1.82, 2.24) is 125 Å². The summed E-state index contributed by atoms with van der Waals surface area (Å²) in [7, 11) is 6.08. The summed E-state index contributed by atoms with van der Waals surface area (Å²) < 4.78 is 1.96. The van der Waals surface area contributed by atoms with Gasteiger partial charge in [0.2, 0.25) is 71.4 Å². The van der Waals surface area contributed by atoms with Gasteiger partial charge in [0.1, 0.15) is 25.3 Å². The second-order valence-corrected chi connectivity index (χ2v) is 36.7. The topological polar surface area (TPSA) is 397 Å². The van der Waals surface area contributed by atoms with Gasteiger partial charge in [0.25, 0.3) is 0 Å². The molecule has 7 aromatic carbocycles. The molecule has 736 valence electrons. The molecule has 5 fully saturated rings. The summed E-state index contributed by atoms with van der Waals surface area (Å²) in [6.45, 7) is 22.2. The summed E-state index contributed by atoms with van der Waals surface area (Å²) in [6.07, 6.45) is 28.7. The Labute approximate surface area is 838 Å². The Balaban J connectivity index is 0.000000126. The lowest BCUT2D eigenvalue weighted by molar-refractivity contribution is 0.0786. The van der Waals surface area contributed by atoms with Crippen molar-refractivity contribution >= 4 is 94.1 Å². The third kappa shape index (κ3) is 27.8. The van der Waals surface area contributed by atoms with Crippen molar-refractivity contribution in [2.24, 2.45) is 5.92 Å². The van der Waals surface area contributed by atoms with Crippen LogP contribution in [0, 0.1) is 5.92 Å². The second kappa shape index (κ2) is 48.1. The van der Waals surface area contributed by atoms with Crippen molar-refractivity contribution in [3.8, 4) is 0 Å². The Morgan fingerprint density at radius 3 is 0.944 bits per heavy atom. The second-order valence-electron chi connectivity index (χ2n) is 36.7. The van der Waals surface area contributed by atoms with Crippen molar-refractivity contribution in [3.05, 3.63) is 343 Å². The molecule has 5 saturated heterocycles. The highest BCUT2D eigenvalue weighted by Crippen LogP contribution is 2.30. The molecule has 14 heterocycles. The van der Waals surface area contributed by atoms with Gasteiger partial charge in [-0.15, -0.1) is 0 Å². The quantitative estimate of drug-likeness (QED) is 0.0212. The van der Waals surface area contributed by atoms with Gasteiger partial charge in [0.15, 0.2) is 0 Å². The highest BCUT2D eigenvalue weighted by atomic mass is 16.3. The van der Waals surface area contributed by atoms with E-state index in [1.807, 2.05) is 152 Å². The van der Waals surface area contributed by atoms with Gasteiger partial charge < -0.3 is 81.1 Å². The molecule has 5 aliphatic heterocycles. The molecule has 0 aliphatic carbocycles. The average Bonchev–Trinajstić information content (AvgIpc) is 0.971. The fourth-order valence-electron chi connectivity index (χ4n) is 17.1. The average molecular weight is 1930 g/mol. The number of benzene rings is 7. The predicted octanol–water partition coefficient (Wildman–Crippen LogP) is 12.3. The SMILES string of the molecule is CC(C)(O)c1cccc(Nc2ncnc(N3CCN(c4ncc(Cc5ccccc5)cn4)CC3)n2)c1.CN(C)Cc1cccc(Nc2ncnc(N3CCN(c4ncc(Cc5ccccc5)cn4)CC3)n2)c1.CNC(C)c1cccc(Nc2ncnc(N3CCN(c4ncc(Cc5ccccc5)cn4)CC3)n2)c1.c1ccc(Cc2cnc(N3CCN(c4ncnc(Nc5cnn(CC6CNC6)c5)n4)CC3)nc2)cc1. The highest BCUT2D eigenvalue weighted by molar-refractivity contribution is 5.60. The molecule has 5 aliphatic rings. The molecule has 7 N–H and O–H groups in total. The minimum Gasteiger partial charge on any atom is -0.386 e. The van der Waals surface area contributed by atoms with E-state index < -0.39 is 5.60 Å². The van der Waals surface area contributed by atoms with Gasteiger partial charge in [-0.3, -0.25) is 4.68 Å². The van der Waals surface area contributed by atoms with E-state index in [2.05, 4.69) is 311 Å². The van der Waals surface area contributed by atoms with E-state index in [0.717, 1.165) is 231 Å². The van der Waals surface area contributed by atoms with Gasteiger partial charge in [-0.2, -0.15) is 25.0 Å². The van der Waals surface area contributed by atoms with Crippen LogP contribution >= 0.6 is 0 Å². The largest absolute Gasteiger partial charge is 0.386 e. The zero-order chi connectivity index (χ0) is 98.6. The lowest BCUT2D eigenvalue weighted by Gasteiger charge is -2.34. The van der Waals surface area contributed by atoms with Crippen LogP contribution < -0.4 is 71.1 Å². The molecule has 0 saturated carbocycles. The molecular formula is C106H121N37O. The van der Waals surface area contributed by atoms with E-state index >= 15 is 0 Å². The number of hydrogen-bond acceptors (Lipinski definition) is 37. The molecule has 9 aromatic heterocycles. The van der Waals surface area contributed by atoms with E-state index in [4.69, 9.17) is 0 Å². The standard InChI is InChI=1S/2C27H31N9.C27H30N8O.C25H29N11/c1-34(2)19-22-9-6-10-24(16-22)32-25-30-20-31-27(33-25)36-13-11-35(12-14-36)26-28-17-23(18-29-26)15-21-7-4-3-5-8-21;1-20(28-2)23-9-6-10-24(16-23)33-25-31-19-32-27(34-25)36-13-11-35(12-14-36)26-29-17-22(18-30-26)15-21-7-4-3-5-8-21;1-27(2,36)22-9-6-10-23(16-22)32-24-30-19-31-26(33-24)35-13-11-34(12-14-35)25-28-17-21(18-29-25)15-20-7-4-3-5-8-20;1-2-4-19(5-3-1)10-20-13-27-24(28-14-20)34-6-8-35(9-7-34)25-30-18-29-23(33-25)32-22-15-31-36(17-22)16-21-11-26-12-21/h3-10,16-18,20H,11-15,19H2,1-2H3,(H,30,31,32,33);3-10,16-20,28H,11-15H2,1-2H3,(H,31,32,33,34);3-10,16-19,36H,11-15H2,1-2H3,(H,30,31,32,33);1-5,13-15,17-18,21,26H,6-12,16H2,(H,29,30,32,33). The van der Waals surface area contributed by atoms with Crippen LogP contribution in [0.3, 0.4) is 0 Å². The van der Waals surface area contributed by atoms with Crippen molar-refractivity contribution in [2.45, 2.75) is 71.2 Å². The van der Waals surface area contributed by atoms with E-state index in [9.17, 15) is 5.11 Å². The van der Waals surface area contributed by atoms with Gasteiger partial charge in [-0.25, -0.2) is 79.7 Å². The monoisotopic (exact) mass is 1930 g/mol. The number of hydrogen-bond donors (Lipinski definition) is 7.